The zero-order valence-electron chi connectivity index (χ0n) is 8.15. The van der Waals surface area contributed by atoms with Crippen molar-refractivity contribution in [3.63, 3.8) is 0 Å². The van der Waals surface area contributed by atoms with Crippen molar-refractivity contribution in [1.82, 2.24) is 14.7 Å². The fourth-order valence-electron chi connectivity index (χ4n) is 1.90. The second-order valence-corrected chi connectivity index (χ2v) is 3.71. The van der Waals surface area contributed by atoms with E-state index < -0.39 is 12.1 Å². The van der Waals surface area contributed by atoms with Crippen LogP contribution < -0.4 is 0 Å². The Morgan fingerprint density at radius 3 is 2.93 bits per heavy atom. The lowest BCUT2D eigenvalue weighted by atomic mass is 10.2. The van der Waals surface area contributed by atoms with Crippen LogP contribution in [0.1, 0.15) is 6.04 Å². The Kier molecular flexibility index (Phi) is 2.70. The highest BCUT2D eigenvalue weighted by Crippen LogP contribution is 2.20. The minimum Gasteiger partial charge on any atom is -0.480 e. The lowest BCUT2D eigenvalue weighted by molar-refractivity contribution is -0.138. The van der Waals surface area contributed by atoms with Crippen LogP contribution in [0.15, 0.2) is 18.5 Å². The minimum absolute atomic E-state index is 0.0329. The number of aromatic nitrogens is 2. The van der Waals surface area contributed by atoms with Crippen LogP contribution in [0.2, 0.25) is 0 Å². The Hall–Kier alpha value is -1.40. The number of hydrogen-bond acceptors (Lipinski definition) is 4. The minimum atomic E-state index is -0.872. The molecule has 0 unspecified atom stereocenters. The Labute approximate surface area is 86.7 Å². The third-order valence-corrected chi connectivity index (χ3v) is 2.56. The summed E-state index contributed by atoms with van der Waals surface area (Å²) in [6.07, 6.45) is 2.87. The van der Waals surface area contributed by atoms with Gasteiger partial charge in [0.2, 0.25) is 0 Å². The zero-order chi connectivity index (χ0) is 10.8. The molecule has 82 valence electrons. The summed E-state index contributed by atoms with van der Waals surface area (Å²) < 4.78 is 1.67. The van der Waals surface area contributed by atoms with Gasteiger partial charge >= 0.3 is 5.97 Å². The maximum Gasteiger partial charge on any atom is 0.317 e. The van der Waals surface area contributed by atoms with E-state index in [1.165, 1.54) is 0 Å². The van der Waals surface area contributed by atoms with Crippen LogP contribution in [-0.2, 0) is 4.79 Å². The summed E-state index contributed by atoms with van der Waals surface area (Å²) in [4.78, 5) is 12.2. The van der Waals surface area contributed by atoms with E-state index in [1.807, 2.05) is 0 Å². The maximum absolute atomic E-state index is 10.5. The highest BCUT2D eigenvalue weighted by molar-refractivity contribution is 5.69. The van der Waals surface area contributed by atoms with Crippen LogP contribution in [0, 0.1) is 0 Å². The number of aliphatic hydroxyl groups excluding tert-OH is 1. The average molecular weight is 211 g/mol. The van der Waals surface area contributed by atoms with Crippen molar-refractivity contribution in [1.29, 1.82) is 0 Å². The summed E-state index contributed by atoms with van der Waals surface area (Å²) in [6, 6.07) is 1.64. The van der Waals surface area contributed by atoms with Gasteiger partial charge in [0.1, 0.15) is 0 Å². The van der Waals surface area contributed by atoms with E-state index in [-0.39, 0.29) is 12.6 Å². The number of likely N-dealkylation sites (tertiary alicyclic amines) is 1. The molecule has 6 nitrogen and oxygen atoms in total. The molecule has 1 saturated heterocycles. The van der Waals surface area contributed by atoms with Gasteiger partial charge in [0.15, 0.2) is 0 Å². The van der Waals surface area contributed by atoms with E-state index in [2.05, 4.69) is 5.10 Å². The van der Waals surface area contributed by atoms with E-state index in [1.54, 1.807) is 28.0 Å². The molecule has 1 aliphatic heterocycles. The van der Waals surface area contributed by atoms with Gasteiger partial charge in [0.05, 0.1) is 18.7 Å². The van der Waals surface area contributed by atoms with Crippen molar-refractivity contribution in [3.05, 3.63) is 18.5 Å². The molecule has 2 atom stereocenters. The molecule has 6 heteroatoms. The monoisotopic (exact) mass is 211 g/mol. The molecule has 2 rings (SSSR count). The van der Waals surface area contributed by atoms with Crippen LogP contribution in [0.25, 0.3) is 0 Å². The predicted molar refractivity (Wildman–Crippen MR) is 51.3 cm³/mol. The largest absolute Gasteiger partial charge is 0.480 e. The molecule has 2 N–H and O–H groups in total. The van der Waals surface area contributed by atoms with Crippen LogP contribution in [0.4, 0.5) is 0 Å². The number of aliphatic hydroxyl groups is 1. The third-order valence-electron chi connectivity index (χ3n) is 2.56. The first-order chi connectivity index (χ1) is 7.16. The highest BCUT2D eigenvalue weighted by Gasteiger charge is 2.33. The first-order valence-corrected chi connectivity index (χ1v) is 4.78. The smallest absolute Gasteiger partial charge is 0.317 e. The van der Waals surface area contributed by atoms with Gasteiger partial charge in [-0.15, -0.1) is 0 Å². The molecule has 1 aromatic rings. The molecule has 0 amide bonds. The molecule has 1 fully saturated rings. The van der Waals surface area contributed by atoms with Crippen molar-refractivity contribution >= 4 is 5.97 Å². The Balaban J connectivity index is 2.01. The SMILES string of the molecule is O=C(O)CN1C[C@@H](O)[C@H](n2cccn2)C1. The van der Waals surface area contributed by atoms with E-state index in [0.29, 0.717) is 13.1 Å². The van der Waals surface area contributed by atoms with Gasteiger partial charge in [0.25, 0.3) is 0 Å². The molecular weight excluding hydrogens is 198 g/mol. The molecule has 2 heterocycles. The number of carboxylic acid groups (broad SMARTS) is 1. The van der Waals surface area contributed by atoms with Gasteiger partial charge in [-0.25, -0.2) is 0 Å². The molecule has 1 aromatic heterocycles. The normalized spacial score (nSPS) is 27.0. The number of rotatable bonds is 3. The number of hydrogen-bond donors (Lipinski definition) is 2. The second kappa shape index (κ2) is 4.00. The van der Waals surface area contributed by atoms with Gasteiger partial charge in [-0.3, -0.25) is 14.4 Å². The standard InChI is InChI=1S/C9H13N3O3/c13-8-5-11(6-9(14)15)4-7(8)12-3-1-2-10-12/h1-3,7-8,13H,4-6H2,(H,14,15)/t7-,8-/m1/s1. The molecule has 0 spiro atoms. The van der Waals surface area contributed by atoms with Gasteiger partial charge in [0, 0.05) is 25.5 Å². The van der Waals surface area contributed by atoms with Gasteiger partial charge in [-0.2, -0.15) is 5.10 Å². The Morgan fingerprint density at radius 1 is 1.53 bits per heavy atom. The summed E-state index contributed by atoms with van der Waals surface area (Å²) in [7, 11) is 0. The number of nitrogens with zero attached hydrogens (tertiary/aromatic N) is 3. The predicted octanol–water partition coefficient (Wildman–Crippen LogP) is -0.815. The van der Waals surface area contributed by atoms with Gasteiger partial charge in [-0.1, -0.05) is 0 Å². The lowest BCUT2D eigenvalue weighted by Gasteiger charge is -2.13. The summed E-state index contributed by atoms with van der Waals surface area (Å²) in [6.45, 7) is 0.876. The first-order valence-electron chi connectivity index (χ1n) is 4.78. The number of carboxylic acids is 1. The number of β-amino-alcohol motifs (C(OH)–C–C–N with tert-alkyl or cyclic N) is 1. The lowest BCUT2D eigenvalue weighted by Crippen LogP contribution is -2.28. The van der Waals surface area contributed by atoms with E-state index in [0.717, 1.165) is 0 Å². The fraction of sp³-hybridized carbons (Fsp3) is 0.556. The summed E-state index contributed by atoms with van der Waals surface area (Å²) in [5.74, 6) is -0.872. The highest BCUT2D eigenvalue weighted by atomic mass is 16.4. The zero-order valence-corrected chi connectivity index (χ0v) is 8.15. The Morgan fingerprint density at radius 2 is 2.33 bits per heavy atom. The van der Waals surface area contributed by atoms with Crippen LogP contribution in [0.3, 0.4) is 0 Å². The van der Waals surface area contributed by atoms with Gasteiger partial charge in [-0.05, 0) is 6.07 Å². The molecule has 0 saturated carbocycles. The van der Waals surface area contributed by atoms with Crippen LogP contribution in [-0.4, -0.2) is 56.6 Å². The van der Waals surface area contributed by atoms with Crippen LogP contribution >= 0.6 is 0 Å². The maximum atomic E-state index is 10.5. The topological polar surface area (TPSA) is 78.6 Å². The van der Waals surface area contributed by atoms with E-state index in [9.17, 15) is 9.90 Å². The van der Waals surface area contributed by atoms with Crippen molar-refractivity contribution in [2.45, 2.75) is 12.1 Å². The van der Waals surface area contributed by atoms with Crippen molar-refractivity contribution < 1.29 is 15.0 Å². The number of aliphatic carboxylic acids is 1. The molecule has 0 aromatic carbocycles. The van der Waals surface area contributed by atoms with Crippen LogP contribution in [0.5, 0.6) is 0 Å². The first kappa shape index (κ1) is 10.1. The molecule has 0 bridgehead atoms. The molecule has 0 aliphatic carbocycles. The van der Waals surface area contributed by atoms with E-state index in [4.69, 9.17) is 5.11 Å². The van der Waals surface area contributed by atoms with Crippen molar-refractivity contribution in [2.24, 2.45) is 0 Å². The number of carbonyl (C=O) groups is 1. The van der Waals surface area contributed by atoms with E-state index >= 15 is 0 Å². The summed E-state index contributed by atoms with van der Waals surface area (Å²) in [5.41, 5.74) is 0. The summed E-state index contributed by atoms with van der Waals surface area (Å²) in [5, 5.41) is 22.4. The molecule has 1 aliphatic rings. The quantitative estimate of drug-likeness (QED) is 0.683. The molecule has 0 radical (unpaired) electrons. The third kappa shape index (κ3) is 2.16. The average Bonchev–Trinajstić information content (AvgIpc) is 2.72. The molecular formula is C9H13N3O3. The fourth-order valence-corrected chi connectivity index (χ4v) is 1.90. The Bertz CT molecular complexity index is 338. The summed E-state index contributed by atoms with van der Waals surface area (Å²) >= 11 is 0. The van der Waals surface area contributed by atoms with Crippen molar-refractivity contribution in [3.8, 4) is 0 Å². The second-order valence-electron chi connectivity index (χ2n) is 3.71. The van der Waals surface area contributed by atoms with Crippen molar-refractivity contribution in [2.75, 3.05) is 19.6 Å². The van der Waals surface area contributed by atoms with Gasteiger partial charge < -0.3 is 10.2 Å². The molecule has 15 heavy (non-hydrogen) atoms.